The fourth-order valence-corrected chi connectivity index (χ4v) is 3.15. The predicted octanol–water partition coefficient (Wildman–Crippen LogP) is 3.37. The average molecular weight is 347 g/mol. The van der Waals surface area contributed by atoms with Crippen molar-refractivity contribution < 1.29 is 13.6 Å². The average Bonchev–Trinajstić information content (AvgIpc) is 3.18. The number of halogens is 3. The smallest absolute Gasteiger partial charge is 0.224 e. The quantitative estimate of drug-likeness (QED) is 0.829. The first-order chi connectivity index (χ1) is 10.3. The monoisotopic (exact) mass is 346 g/mol. The second-order valence-electron chi connectivity index (χ2n) is 6.94. The van der Waals surface area contributed by atoms with Crippen LogP contribution in [0.25, 0.3) is 0 Å². The molecular formula is C17H25ClF2N2O. The maximum absolute atomic E-state index is 13.8. The fraction of sp³-hybridized carbons (Fsp3) is 0.588. The number of nitrogens with two attached hydrogens (primary N) is 1. The molecule has 6 heteroatoms. The molecule has 0 spiro atoms. The molecule has 1 fully saturated rings. The molecule has 3 atom stereocenters. The Morgan fingerprint density at radius 2 is 1.96 bits per heavy atom. The zero-order chi connectivity index (χ0) is 16.5. The molecule has 1 aliphatic carbocycles. The van der Waals surface area contributed by atoms with Crippen molar-refractivity contribution in [1.82, 2.24) is 5.32 Å². The summed E-state index contributed by atoms with van der Waals surface area (Å²) in [6.07, 6.45) is 1.24. The summed E-state index contributed by atoms with van der Waals surface area (Å²) >= 11 is 0. The molecule has 23 heavy (non-hydrogen) atoms. The van der Waals surface area contributed by atoms with Crippen LogP contribution in [-0.4, -0.2) is 18.0 Å². The van der Waals surface area contributed by atoms with E-state index in [1.165, 1.54) is 18.2 Å². The van der Waals surface area contributed by atoms with Crippen LogP contribution in [0.4, 0.5) is 8.78 Å². The van der Waals surface area contributed by atoms with Crippen molar-refractivity contribution in [3.05, 3.63) is 35.4 Å². The molecule has 0 aromatic heterocycles. The van der Waals surface area contributed by atoms with Crippen LogP contribution in [-0.2, 0) is 4.79 Å². The molecule has 1 saturated carbocycles. The third-order valence-electron chi connectivity index (χ3n) is 4.23. The highest BCUT2D eigenvalue weighted by atomic mass is 35.5. The van der Waals surface area contributed by atoms with Crippen molar-refractivity contribution in [3.8, 4) is 0 Å². The highest BCUT2D eigenvalue weighted by Gasteiger charge is 2.47. The lowest BCUT2D eigenvalue weighted by Gasteiger charge is -2.31. The van der Waals surface area contributed by atoms with E-state index in [-0.39, 0.29) is 35.7 Å². The number of nitrogens with one attached hydrogen (secondary N) is 1. The summed E-state index contributed by atoms with van der Waals surface area (Å²) < 4.78 is 27.5. The van der Waals surface area contributed by atoms with Crippen molar-refractivity contribution in [2.24, 2.45) is 17.6 Å². The fourth-order valence-electron chi connectivity index (χ4n) is 3.15. The lowest BCUT2D eigenvalue weighted by atomic mass is 9.90. The Morgan fingerprint density at radius 3 is 2.43 bits per heavy atom. The number of benzene rings is 1. The lowest BCUT2D eigenvalue weighted by molar-refractivity contribution is -0.124. The van der Waals surface area contributed by atoms with Gasteiger partial charge in [0.15, 0.2) is 0 Å². The van der Waals surface area contributed by atoms with Crippen LogP contribution in [0.15, 0.2) is 18.2 Å². The molecule has 0 radical (unpaired) electrons. The minimum atomic E-state index is -0.580. The molecule has 1 aromatic carbocycles. The van der Waals surface area contributed by atoms with Gasteiger partial charge in [0, 0.05) is 29.5 Å². The van der Waals surface area contributed by atoms with Gasteiger partial charge in [-0.2, -0.15) is 0 Å². The maximum atomic E-state index is 13.8. The Bertz CT molecular complexity index is 547. The van der Waals surface area contributed by atoms with Gasteiger partial charge in [0.05, 0.1) is 0 Å². The number of rotatable bonds is 6. The van der Waals surface area contributed by atoms with Crippen molar-refractivity contribution >= 4 is 18.3 Å². The predicted molar refractivity (Wildman–Crippen MR) is 89.5 cm³/mol. The van der Waals surface area contributed by atoms with Gasteiger partial charge in [-0.1, -0.05) is 19.9 Å². The summed E-state index contributed by atoms with van der Waals surface area (Å²) in [5.74, 6) is -1.67. The van der Waals surface area contributed by atoms with Gasteiger partial charge in [0.1, 0.15) is 11.6 Å². The van der Waals surface area contributed by atoms with E-state index in [4.69, 9.17) is 5.73 Å². The second-order valence-corrected chi connectivity index (χ2v) is 6.94. The molecule has 3 N–H and O–H groups in total. The van der Waals surface area contributed by atoms with Crippen LogP contribution in [0.5, 0.6) is 0 Å². The molecule has 1 aliphatic rings. The second kappa shape index (κ2) is 7.58. The van der Waals surface area contributed by atoms with Crippen LogP contribution in [0.3, 0.4) is 0 Å². The van der Waals surface area contributed by atoms with Gasteiger partial charge in [-0.3, -0.25) is 4.79 Å². The van der Waals surface area contributed by atoms with E-state index in [0.29, 0.717) is 18.9 Å². The van der Waals surface area contributed by atoms with E-state index in [1.807, 2.05) is 6.92 Å². The molecular weight excluding hydrogens is 322 g/mol. The van der Waals surface area contributed by atoms with E-state index in [0.717, 1.165) is 6.42 Å². The lowest BCUT2D eigenvalue weighted by Crippen LogP contribution is -2.52. The molecule has 2 rings (SSSR count). The Labute approximate surface area is 142 Å². The number of carbonyl (C=O) groups excluding carboxylic acids is 1. The zero-order valence-corrected chi connectivity index (χ0v) is 14.6. The standard InChI is InChI=1S/C17H24F2N2O.ClH/c1-10(2)8-17(3,9-20)21-16(22)12-7-11(12)15-13(18)5-4-6-14(15)19;/h4-6,10-12H,7-9,20H2,1-3H3,(H,21,22);1H. The SMILES string of the molecule is CC(C)CC(C)(CN)NC(=O)C1CC1c1c(F)cccc1F.Cl. The van der Waals surface area contributed by atoms with Gasteiger partial charge in [-0.25, -0.2) is 8.78 Å². The first-order valence-corrected chi connectivity index (χ1v) is 7.73. The van der Waals surface area contributed by atoms with Crippen LogP contribution in [0.1, 0.15) is 45.1 Å². The molecule has 3 nitrogen and oxygen atoms in total. The van der Waals surface area contributed by atoms with Crippen molar-refractivity contribution in [3.63, 3.8) is 0 Å². The highest BCUT2D eigenvalue weighted by Crippen LogP contribution is 2.49. The number of hydrogen-bond donors (Lipinski definition) is 2. The Hall–Kier alpha value is -1.20. The van der Waals surface area contributed by atoms with Crippen LogP contribution >= 0.6 is 12.4 Å². The van der Waals surface area contributed by atoms with Crippen LogP contribution < -0.4 is 11.1 Å². The summed E-state index contributed by atoms with van der Waals surface area (Å²) in [7, 11) is 0. The van der Waals surface area contributed by atoms with E-state index in [9.17, 15) is 13.6 Å². The molecule has 0 heterocycles. The molecule has 0 aliphatic heterocycles. The van der Waals surface area contributed by atoms with Gasteiger partial charge in [-0.05, 0) is 37.8 Å². The highest BCUT2D eigenvalue weighted by molar-refractivity contribution is 5.85. The molecule has 0 bridgehead atoms. The zero-order valence-electron chi connectivity index (χ0n) is 13.7. The molecule has 0 saturated heterocycles. The summed E-state index contributed by atoms with van der Waals surface area (Å²) in [6.45, 7) is 6.37. The maximum Gasteiger partial charge on any atom is 0.224 e. The van der Waals surface area contributed by atoms with Gasteiger partial charge in [0.2, 0.25) is 5.91 Å². The van der Waals surface area contributed by atoms with E-state index >= 15 is 0 Å². The van der Waals surface area contributed by atoms with Crippen molar-refractivity contribution in [2.75, 3.05) is 6.54 Å². The molecule has 1 amide bonds. The Kier molecular flexibility index (Phi) is 6.54. The first-order valence-electron chi connectivity index (χ1n) is 7.73. The van der Waals surface area contributed by atoms with Crippen molar-refractivity contribution in [1.29, 1.82) is 0 Å². The van der Waals surface area contributed by atoms with Crippen molar-refractivity contribution in [2.45, 2.75) is 45.1 Å². The number of hydrogen-bond acceptors (Lipinski definition) is 2. The normalized spacial score (nSPS) is 22.2. The van der Waals surface area contributed by atoms with Gasteiger partial charge < -0.3 is 11.1 Å². The van der Waals surface area contributed by atoms with Crippen LogP contribution in [0, 0.1) is 23.5 Å². The molecule has 130 valence electrons. The van der Waals surface area contributed by atoms with Gasteiger partial charge in [0.25, 0.3) is 0 Å². The Morgan fingerprint density at radius 1 is 1.39 bits per heavy atom. The van der Waals surface area contributed by atoms with Gasteiger partial charge in [-0.15, -0.1) is 12.4 Å². The Balaban J connectivity index is 0.00000264. The summed E-state index contributed by atoms with van der Waals surface area (Å²) in [6, 6.07) is 3.79. The summed E-state index contributed by atoms with van der Waals surface area (Å²) in [5.41, 5.74) is 5.33. The first kappa shape index (κ1) is 19.8. The minimum Gasteiger partial charge on any atom is -0.349 e. The summed E-state index contributed by atoms with van der Waals surface area (Å²) in [4.78, 5) is 12.4. The third kappa shape index (κ3) is 4.64. The largest absolute Gasteiger partial charge is 0.349 e. The number of amides is 1. The number of carbonyl (C=O) groups is 1. The van der Waals surface area contributed by atoms with E-state index in [1.54, 1.807) is 0 Å². The topological polar surface area (TPSA) is 55.1 Å². The minimum absolute atomic E-state index is 0. The van der Waals surface area contributed by atoms with Gasteiger partial charge >= 0.3 is 0 Å². The van der Waals surface area contributed by atoms with Crippen LogP contribution in [0.2, 0.25) is 0 Å². The third-order valence-corrected chi connectivity index (χ3v) is 4.23. The van der Waals surface area contributed by atoms with E-state index < -0.39 is 17.2 Å². The molecule has 3 unspecified atom stereocenters. The van der Waals surface area contributed by atoms with E-state index in [2.05, 4.69) is 19.2 Å². The summed E-state index contributed by atoms with van der Waals surface area (Å²) in [5, 5.41) is 2.97. The molecule has 1 aromatic rings.